The fourth-order valence-corrected chi connectivity index (χ4v) is 3.43. The van der Waals surface area contributed by atoms with Crippen molar-refractivity contribution in [2.45, 2.75) is 39.0 Å². The Morgan fingerprint density at radius 2 is 2.05 bits per heavy atom. The first kappa shape index (κ1) is 15.6. The number of carboxylic acids is 1. The molecule has 0 spiro atoms. The summed E-state index contributed by atoms with van der Waals surface area (Å²) >= 11 is 0. The second-order valence-corrected chi connectivity index (χ2v) is 7.15. The van der Waals surface area contributed by atoms with Crippen LogP contribution in [0.15, 0.2) is 10.6 Å². The molecule has 0 unspecified atom stereocenters. The number of carboxylic acid groups (broad SMARTS) is 1. The summed E-state index contributed by atoms with van der Waals surface area (Å²) < 4.78 is 30.3. The van der Waals surface area contributed by atoms with Crippen LogP contribution >= 0.6 is 0 Å². The van der Waals surface area contributed by atoms with E-state index >= 15 is 0 Å². The molecule has 0 aliphatic rings. The largest absolute Gasteiger partial charge is 0.480 e. The Morgan fingerprint density at radius 1 is 1.47 bits per heavy atom. The van der Waals surface area contributed by atoms with Crippen LogP contribution in [0.25, 0.3) is 0 Å². The molecule has 108 valence electrons. The van der Waals surface area contributed by atoms with Gasteiger partial charge in [-0.1, -0.05) is 5.16 Å². The van der Waals surface area contributed by atoms with Gasteiger partial charge < -0.3 is 9.63 Å². The summed E-state index contributed by atoms with van der Waals surface area (Å²) in [6.07, 6.45) is 0. The van der Waals surface area contributed by atoms with Crippen molar-refractivity contribution in [3.05, 3.63) is 17.5 Å². The molecular weight excluding hydrogens is 272 g/mol. The molecule has 1 aromatic rings. The summed E-state index contributed by atoms with van der Waals surface area (Å²) in [7, 11) is -3.78. The van der Waals surface area contributed by atoms with E-state index in [1.54, 1.807) is 27.7 Å². The molecule has 0 aliphatic heterocycles. The molecule has 19 heavy (non-hydrogen) atoms. The molecule has 0 amide bonds. The normalized spacial score (nSPS) is 12.9. The smallest absolute Gasteiger partial charge is 0.318 e. The minimum atomic E-state index is -3.78. The van der Waals surface area contributed by atoms with Crippen molar-refractivity contribution >= 4 is 16.0 Å². The third-order valence-corrected chi connectivity index (χ3v) is 4.38. The molecule has 1 heterocycles. The van der Waals surface area contributed by atoms with Crippen LogP contribution < -0.4 is 0 Å². The molecule has 8 heteroatoms. The second-order valence-electron chi connectivity index (χ2n) is 5.26. The molecule has 0 radical (unpaired) electrons. The van der Waals surface area contributed by atoms with Crippen LogP contribution in [0.1, 0.15) is 32.2 Å². The van der Waals surface area contributed by atoms with Crippen molar-refractivity contribution in [2.24, 2.45) is 0 Å². The fourth-order valence-electron chi connectivity index (χ4n) is 1.63. The molecule has 1 N–H and O–H groups in total. The van der Waals surface area contributed by atoms with Gasteiger partial charge in [-0.2, -0.15) is 4.31 Å². The van der Waals surface area contributed by atoms with Gasteiger partial charge in [-0.15, -0.1) is 0 Å². The van der Waals surface area contributed by atoms with E-state index in [9.17, 15) is 13.2 Å². The van der Waals surface area contributed by atoms with Crippen LogP contribution in [-0.4, -0.2) is 41.0 Å². The van der Waals surface area contributed by atoms with Crippen molar-refractivity contribution in [1.82, 2.24) is 9.46 Å². The van der Waals surface area contributed by atoms with Crippen LogP contribution in [0.4, 0.5) is 0 Å². The van der Waals surface area contributed by atoms with E-state index in [4.69, 9.17) is 9.63 Å². The Morgan fingerprint density at radius 3 is 2.42 bits per heavy atom. The van der Waals surface area contributed by atoms with Gasteiger partial charge in [0.2, 0.25) is 10.0 Å². The number of carbonyl (C=O) groups is 1. The molecule has 0 saturated heterocycles. The van der Waals surface area contributed by atoms with E-state index in [0.717, 1.165) is 4.31 Å². The van der Waals surface area contributed by atoms with Crippen molar-refractivity contribution in [1.29, 1.82) is 0 Å². The van der Waals surface area contributed by atoms with E-state index < -0.39 is 28.1 Å². The predicted octanol–water partition coefficient (Wildman–Crippen LogP) is 0.998. The molecule has 1 aromatic heterocycles. The molecule has 0 aromatic carbocycles. The Labute approximate surface area is 112 Å². The molecular formula is C11H18N2O5S. The van der Waals surface area contributed by atoms with Gasteiger partial charge in [0.05, 0.1) is 0 Å². The van der Waals surface area contributed by atoms with E-state index in [1.807, 2.05) is 0 Å². The zero-order valence-electron chi connectivity index (χ0n) is 11.4. The number of aliphatic carboxylic acids is 1. The number of nitrogens with zero attached hydrogens (tertiary/aromatic N) is 2. The number of hydrogen-bond donors (Lipinski definition) is 1. The van der Waals surface area contributed by atoms with Crippen molar-refractivity contribution in [3.8, 4) is 0 Å². The quantitative estimate of drug-likeness (QED) is 0.868. The maximum atomic E-state index is 12.3. The minimum Gasteiger partial charge on any atom is -0.480 e. The van der Waals surface area contributed by atoms with Gasteiger partial charge in [0.25, 0.3) is 0 Å². The SMILES string of the molecule is Cc1cc(CS(=O)(=O)N(CC(=O)O)C(C)(C)C)no1. The summed E-state index contributed by atoms with van der Waals surface area (Å²) in [5, 5.41) is 12.5. The lowest BCUT2D eigenvalue weighted by molar-refractivity contribution is -0.138. The molecule has 0 aliphatic carbocycles. The van der Waals surface area contributed by atoms with Gasteiger partial charge in [0, 0.05) is 11.6 Å². The monoisotopic (exact) mass is 290 g/mol. The summed E-state index contributed by atoms with van der Waals surface area (Å²) in [6.45, 7) is 6.00. The minimum absolute atomic E-state index is 0.261. The maximum Gasteiger partial charge on any atom is 0.318 e. The molecule has 7 nitrogen and oxygen atoms in total. The Kier molecular flexibility index (Phi) is 4.36. The Bertz CT molecular complexity index is 556. The van der Waals surface area contributed by atoms with Crippen molar-refractivity contribution < 1.29 is 22.8 Å². The highest BCUT2D eigenvalue weighted by molar-refractivity contribution is 7.88. The summed E-state index contributed by atoms with van der Waals surface area (Å²) in [6, 6.07) is 1.51. The van der Waals surface area contributed by atoms with Crippen molar-refractivity contribution in [3.63, 3.8) is 0 Å². The highest BCUT2D eigenvalue weighted by Gasteiger charge is 2.35. The topological polar surface area (TPSA) is 101 Å². The van der Waals surface area contributed by atoms with Gasteiger partial charge in [0.1, 0.15) is 23.8 Å². The number of hydrogen-bond acceptors (Lipinski definition) is 5. The molecule has 0 fully saturated rings. The molecule has 1 rings (SSSR count). The fraction of sp³-hybridized carbons (Fsp3) is 0.636. The van der Waals surface area contributed by atoms with Crippen LogP contribution in [0, 0.1) is 6.92 Å². The maximum absolute atomic E-state index is 12.3. The average molecular weight is 290 g/mol. The number of aromatic nitrogens is 1. The number of sulfonamides is 1. The van der Waals surface area contributed by atoms with Crippen molar-refractivity contribution in [2.75, 3.05) is 6.54 Å². The number of rotatable bonds is 5. The standard InChI is InChI=1S/C11H18N2O5S/c1-8-5-9(12-18-8)7-19(16,17)13(6-10(14)15)11(2,3)4/h5H,6-7H2,1-4H3,(H,14,15). The lowest BCUT2D eigenvalue weighted by atomic mass is 10.1. The molecule has 0 atom stereocenters. The van der Waals surface area contributed by atoms with Crippen LogP contribution in [0.3, 0.4) is 0 Å². The first-order valence-electron chi connectivity index (χ1n) is 5.67. The molecule has 0 saturated carbocycles. The van der Waals surface area contributed by atoms with E-state index in [2.05, 4.69) is 5.16 Å². The third-order valence-electron chi connectivity index (χ3n) is 2.37. The van der Waals surface area contributed by atoms with E-state index in [1.165, 1.54) is 6.07 Å². The third kappa shape index (κ3) is 4.32. The number of aryl methyl sites for hydroxylation is 1. The van der Waals surface area contributed by atoms with Gasteiger partial charge in [0.15, 0.2) is 0 Å². The van der Waals surface area contributed by atoms with E-state index in [-0.39, 0.29) is 11.4 Å². The summed E-state index contributed by atoms with van der Waals surface area (Å²) in [5.74, 6) is -1.07. The van der Waals surface area contributed by atoms with E-state index in [0.29, 0.717) is 5.76 Å². The zero-order valence-corrected chi connectivity index (χ0v) is 12.2. The van der Waals surface area contributed by atoms with Crippen LogP contribution in [-0.2, 0) is 20.6 Å². The highest BCUT2D eigenvalue weighted by Crippen LogP contribution is 2.21. The van der Waals surface area contributed by atoms with Gasteiger partial charge in [-0.3, -0.25) is 4.79 Å². The predicted molar refractivity (Wildman–Crippen MR) is 68.0 cm³/mol. The lowest BCUT2D eigenvalue weighted by Crippen LogP contribution is -2.48. The Balaban J connectivity index is 3.03. The summed E-state index contributed by atoms with van der Waals surface area (Å²) in [4.78, 5) is 10.8. The Hall–Kier alpha value is -1.41. The zero-order chi connectivity index (χ0) is 14.8. The first-order chi connectivity index (χ1) is 8.52. The summed E-state index contributed by atoms with van der Waals surface area (Å²) in [5.41, 5.74) is -0.562. The van der Waals surface area contributed by atoms with Crippen LogP contribution in [0.5, 0.6) is 0 Å². The molecule has 0 bridgehead atoms. The second kappa shape index (κ2) is 5.30. The van der Waals surface area contributed by atoms with Gasteiger partial charge in [-0.05, 0) is 27.7 Å². The van der Waals surface area contributed by atoms with Gasteiger partial charge in [-0.25, -0.2) is 8.42 Å². The highest BCUT2D eigenvalue weighted by atomic mass is 32.2. The van der Waals surface area contributed by atoms with Gasteiger partial charge >= 0.3 is 5.97 Å². The average Bonchev–Trinajstić information content (AvgIpc) is 2.57. The van der Waals surface area contributed by atoms with Crippen LogP contribution in [0.2, 0.25) is 0 Å². The lowest BCUT2D eigenvalue weighted by Gasteiger charge is -2.32. The first-order valence-corrected chi connectivity index (χ1v) is 7.28.